The van der Waals surface area contributed by atoms with Gasteiger partial charge in [-0.05, 0) is 36.8 Å². The molecule has 2 heterocycles. The van der Waals surface area contributed by atoms with Gasteiger partial charge in [0.25, 0.3) is 0 Å². The number of methoxy groups -OCH3 is 3. The average molecular weight is 483 g/mol. The van der Waals surface area contributed by atoms with E-state index in [-0.39, 0.29) is 18.1 Å². The third kappa shape index (κ3) is 3.83. The van der Waals surface area contributed by atoms with Crippen molar-refractivity contribution in [1.29, 1.82) is 5.26 Å². The van der Waals surface area contributed by atoms with Crippen molar-refractivity contribution in [2.45, 2.75) is 25.0 Å². The molecule has 0 saturated carbocycles. The number of carbonyl (C=O) groups excluding carboxylic acids is 1. The van der Waals surface area contributed by atoms with Crippen LogP contribution >= 0.6 is 11.8 Å². The lowest BCUT2D eigenvalue weighted by molar-refractivity contribution is -0.149. The van der Waals surface area contributed by atoms with Crippen LogP contribution in [0.2, 0.25) is 0 Å². The Hall–Kier alpha value is -3.35. The third-order valence-corrected chi connectivity index (χ3v) is 7.25. The molecule has 34 heavy (non-hydrogen) atoms. The van der Waals surface area contributed by atoms with E-state index in [9.17, 15) is 15.2 Å². The molecule has 2 aliphatic rings. The van der Waals surface area contributed by atoms with Gasteiger partial charge in [0, 0.05) is 17.9 Å². The highest BCUT2D eigenvalue weighted by atomic mass is 32.2. The molecule has 2 aromatic carbocycles. The highest BCUT2D eigenvalue weighted by Crippen LogP contribution is 2.53. The van der Waals surface area contributed by atoms with Gasteiger partial charge in [0.05, 0.1) is 50.4 Å². The van der Waals surface area contributed by atoms with Crippen molar-refractivity contribution < 1.29 is 28.8 Å². The van der Waals surface area contributed by atoms with E-state index >= 15 is 0 Å². The van der Waals surface area contributed by atoms with Gasteiger partial charge in [-0.15, -0.1) is 11.8 Å². The minimum Gasteiger partial charge on any atom is -0.494 e. The summed E-state index contributed by atoms with van der Waals surface area (Å²) in [6.07, 6.45) is 0.0188. The van der Waals surface area contributed by atoms with Gasteiger partial charge in [-0.3, -0.25) is 9.69 Å². The van der Waals surface area contributed by atoms with Gasteiger partial charge >= 0.3 is 0 Å². The lowest BCUT2D eigenvalue weighted by Gasteiger charge is -2.38. The molecule has 0 unspecified atom stereocenters. The molecule has 4 rings (SSSR count). The highest BCUT2D eigenvalue weighted by molar-refractivity contribution is 8.03. The van der Waals surface area contributed by atoms with E-state index in [2.05, 4.69) is 6.07 Å². The predicted molar refractivity (Wildman–Crippen MR) is 127 cm³/mol. The second-order valence-corrected chi connectivity index (χ2v) is 8.80. The average Bonchev–Trinajstić information content (AvgIpc) is 3.22. The van der Waals surface area contributed by atoms with Crippen molar-refractivity contribution in [2.24, 2.45) is 0 Å². The summed E-state index contributed by atoms with van der Waals surface area (Å²) in [6, 6.07) is 12.8. The van der Waals surface area contributed by atoms with Gasteiger partial charge in [0.1, 0.15) is 5.75 Å². The first-order chi connectivity index (χ1) is 16.4. The summed E-state index contributed by atoms with van der Waals surface area (Å²) >= 11 is 1.30. The Labute approximate surface area is 202 Å². The molecule has 0 aliphatic carbocycles. The molecule has 0 bridgehead atoms. The Bertz CT molecular complexity index is 1150. The summed E-state index contributed by atoms with van der Waals surface area (Å²) in [5, 5.41) is 22.2. The quantitative estimate of drug-likeness (QED) is 0.637. The number of nitrogens with zero attached hydrogens (tertiary/aromatic N) is 2. The number of benzene rings is 2. The molecule has 2 aromatic rings. The molecule has 0 radical (unpaired) electrons. The van der Waals surface area contributed by atoms with E-state index in [4.69, 9.17) is 18.9 Å². The Morgan fingerprint density at radius 3 is 2.32 bits per heavy atom. The van der Waals surface area contributed by atoms with E-state index in [1.54, 1.807) is 36.4 Å². The van der Waals surface area contributed by atoms with Crippen LogP contribution in [0.4, 0.5) is 0 Å². The van der Waals surface area contributed by atoms with Gasteiger partial charge in [0.2, 0.25) is 11.7 Å². The monoisotopic (exact) mass is 482 g/mol. The van der Waals surface area contributed by atoms with Crippen molar-refractivity contribution in [3.63, 3.8) is 0 Å². The molecular weight excluding hydrogens is 456 g/mol. The standard InChI is InChI=1S/C25H26N2O6S/c1-5-33-17-8-6-16(7-9-17)25(29)14-34-24-19(13-26)18(12-22(28)27(24)25)15-10-20(30-2)23(32-4)21(11-15)31-3/h6-11,18,29H,5,12,14H2,1-4H3/t18-,25+/m0/s1. The number of nitriles is 1. The largest absolute Gasteiger partial charge is 0.494 e. The maximum Gasteiger partial charge on any atom is 0.231 e. The Balaban J connectivity index is 1.77. The Morgan fingerprint density at radius 1 is 1.15 bits per heavy atom. The fraction of sp³-hybridized carbons (Fsp3) is 0.360. The number of rotatable bonds is 7. The maximum atomic E-state index is 13.4. The molecule has 0 spiro atoms. The third-order valence-electron chi connectivity index (χ3n) is 6.03. The molecule has 0 aromatic heterocycles. The van der Waals surface area contributed by atoms with Gasteiger partial charge in [-0.25, -0.2) is 0 Å². The van der Waals surface area contributed by atoms with Crippen LogP contribution in [0, 0.1) is 11.3 Å². The number of allylic oxidation sites excluding steroid dienone is 1. The van der Waals surface area contributed by atoms with Crippen molar-refractivity contribution in [3.05, 3.63) is 58.1 Å². The van der Waals surface area contributed by atoms with E-state index < -0.39 is 11.6 Å². The van der Waals surface area contributed by atoms with E-state index in [1.165, 1.54) is 38.0 Å². The van der Waals surface area contributed by atoms with Gasteiger partial charge in [-0.1, -0.05) is 12.1 Å². The molecule has 8 nitrogen and oxygen atoms in total. The molecule has 178 valence electrons. The van der Waals surface area contributed by atoms with Gasteiger partial charge in [-0.2, -0.15) is 5.26 Å². The van der Waals surface area contributed by atoms with Crippen LogP contribution in [0.1, 0.15) is 30.4 Å². The van der Waals surface area contributed by atoms with E-state index in [1.807, 2.05) is 6.92 Å². The number of amides is 1. The normalized spacial score (nSPS) is 21.7. The molecule has 9 heteroatoms. The smallest absolute Gasteiger partial charge is 0.231 e. The number of ether oxygens (including phenoxy) is 4. The van der Waals surface area contributed by atoms with E-state index in [0.717, 1.165) is 0 Å². The number of hydrogen-bond donors (Lipinski definition) is 1. The first kappa shape index (κ1) is 23.8. The van der Waals surface area contributed by atoms with Crippen molar-refractivity contribution >= 4 is 17.7 Å². The first-order valence-electron chi connectivity index (χ1n) is 10.8. The van der Waals surface area contributed by atoms with Crippen LogP contribution in [0.5, 0.6) is 23.0 Å². The van der Waals surface area contributed by atoms with Crippen LogP contribution in [-0.2, 0) is 10.5 Å². The molecule has 2 atom stereocenters. The maximum absolute atomic E-state index is 13.4. The molecular formula is C25H26N2O6S. The lowest BCUT2D eigenvalue weighted by atomic mass is 9.85. The molecule has 2 aliphatic heterocycles. The molecule has 1 N–H and O–H groups in total. The second-order valence-electron chi connectivity index (χ2n) is 7.84. The second kappa shape index (κ2) is 9.49. The van der Waals surface area contributed by atoms with Crippen LogP contribution in [0.25, 0.3) is 0 Å². The summed E-state index contributed by atoms with van der Waals surface area (Å²) in [7, 11) is 4.55. The Morgan fingerprint density at radius 2 is 1.79 bits per heavy atom. The SMILES string of the molecule is CCOc1ccc([C@]2(O)CSC3=C(C#N)[C@H](c4cc(OC)c(OC)c(OC)c4)CC(=O)N32)cc1. The number of fused-ring (bicyclic) bond motifs is 1. The fourth-order valence-electron chi connectivity index (χ4n) is 4.41. The molecule has 1 saturated heterocycles. The Kier molecular flexibility index (Phi) is 6.64. The zero-order chi connectivity index (χ0) is 24.5. The summed E-state index contributed by atoms with van der Waals surface area (Å²) in [4.78, 5) is 14.8. The minimum atomic E-state index is -1.55. The van der Waals surface area contributed by atoms with Crippen LogP contribution in [0.15, 0.2) is 47.0 Å². The molecule has 1 amide bonds. The number of aliphatic hydroxyl groups is 1. The van der Waals surface area contributed by atoms with Gasteiger partial charge < -0.3 is 24.1 Å². The topological polar surface area (TPSA) is 101 Å². The summed E-state index contributed by atoms with van der Waals surface area (Å²) in [5.41, 5.74) is 0.129. The first-order valence-corrected chi connectivity index (χ1v) is 11.8. The van der Waals surface area contributed by atoms with Crippen molar-refractivity contribution in [2.75, 3.05) is 33.7 Å². The van der Waals surface area contributed by atoms with Gasteiger partial charge in [0.15, 0.2) is 17.2 Å². The highest BCUT2D eigenvalue weighted by Gasteiger charge is 2.52. The summed E-state index contributed by atoms with van der Waals surface area (Å²) in [6.45, 7) is 2.43. The predicted octanol–water partition coefficient (Wildman–Crippen LogP) is 3.75. The van der Waals surface area contributed by atoms with Crippen molar-refractivity contribution in [1.82, 2.24) is 4.90 Å². The minimum absolute atomic E-state index is 0.0188. The zero-order valence-electron chi connectivity index (χ0n) is 19.5. The number of carbonyl (C=O) groups is 1. The van der Waals surface area contributed by atoms with E-state index in [0.29, 0.717) is 51.3 Å². The summed E-state index contributed by atoms with van der Waals surface area (Å²) in [5.74, 6) is 1.44. The van der Waals surface area contributed by atoms with Crippen LogP contribution in [-0.4, -0.2) is 49.6 Å². The lowest BCUT2D eigenvalue weighted by Crippen LogP contribution is -2.48. The van der Waals surface area contributed by atoms with Crippen molar-refractivity contribution in [3.8, 4) is 29.1 Å². The number of hydrogen-bond acceptors (Lipinski definition) is 8. The fourth-order valence-corrected chi connectivity index (χ4v) is 5.77. The zero-order valence-corrected chi connectivity index (χ0v) is 20.3. The van der Waals surface area contributed by atoms with Crippen LogP contribution in [0.3, 0.4) is 0 Å². The summed E-state index contributed by atoms with van der Waals surface area (Å²) < 4.78 is 21.8. The van der Waals surface area contributed by atoms with Crippen LogP contribution < -0.4 is 18.9 Å². The molecule has 1 fully saturated rings. The number of thioether (sulfide) groups is 1.